The van der Waals surface area contributed by atoms with Gasteiger partial charge in [0.1, 0.15) is 10.4 Å². The predicted molar refractivity (Wildman–Crippen MR) is 75.8 cm³/mol. The lowest BCUT2D eigenvalue weighted by Crippen LogP contribution is -2.59. The zero-order valence-corrected chi connectivity index (χ0v) is 12.2. The predicted octanol–water partition coefficient (Wildman–Crippen LogP) is 1.35. The molecule has 0 aliphatic heterocycles. The number of hydrogen-bond donors (Lipinski definition) is 3. The quantitative estimate of drug-likeness (QED) is 0.336. The van der Waals surface area contributed by atoms with Gasteiger partial charge in [-0.05, 0) is 43.1 Å². The molecule has 4 N–H and O–H groups in total. The van der Waals surface area contributed by atoms with Crippen molar-refractivity contribution >= 4 is 23.3 Å². The Kier molecular flexibility index (Phi) is 4.53. The number of amidine groups is 1. The molecule has 1 saturated carbocycles. The van der Waals surface area contributed by atoms with Crippen LogP contribution in [0.2, 0.25) is 0 Å². The standard InChI is InChI=1S/C12H19N5O2S/c1-2-8-3-5-12(6-4-8,11(13)16-19)15-10(18)9-7-14-17-20-9/h7-8,19H,2-6H2,1H3,(H2,13,16)(H,15,18). The minimum atomic E-state index is -0.762. The first-order valence-corrected chi connectivity index (χ1v) is 7.46. The molecule has 0 aromatic carbocycles. The molecule has 110 valence electrons. The van der Waals surface area contributed by atoms with Crippen molar-refractivity contribution in [2.45, 2.75) is 44.6 Å². The van der Waals surface area contributed by atoms with E-state index in [9.17, 15) is 4.79 Å². The Morgan fingerprint density at radius 2 is 2.35 bits per heavy atom. The molecule has 2 rings (SSSR count). The molecule has 1 fully saturated rings. The number of nitrogens with zero attached hydrogens (tertiary/aromatic N) is 3. The van der Waals surface area contributed by atoms with Crippen LogP contribution in [0.1, 0.15) is 48.7 Å². The lowest BCUT2D eigenvalue weighted by Gasteiger charge is -2.39. The zero-order chi connectivity index (χ0) is 14.6. The Bertz CT molecular complexity index is 480. The number of nitrogens with one attached hydrogen (secondary N) is 1. The molecule has 0 bridgehead atoms. The summed E-state index contributed by atoms with van der Waals surface area (Å²) in [6.07, 6.45) is 5.79. The summed E-state index contributed by atoms with van der Waals surface area (Å²) in [5, 5.41) is 18.7. The fourth-order valence-corrected chi connectivity index (χ4v) is 3.08. The molecule has 0 unspecified atom stereocenters. The molecule has 8 heteroatoms. The van der Waals surface area contributed by atoms with Gasteiger partial charge in [-0.15, -0.1) is 5.10 Å². The fraction of sp³-hybridized carbons (Fsp3) is 0.667. The molecule has 7 nitrogen and oxygen atoms in total. The Hall–Kier alpha value is -1.70. The van der Waals surface area contributed by atoms with Crippen LogP contribution in [0.15, 0.2) is 11.4 Å². The summed E-state index contributed by atoms with van der Waals surface area (Å²) in [5.74, 6) is 0.427. The highest BCUT2D eigenvalue weighted by atomic mass is 32.1. The second-order valence-electron chi connectivity index (χ2n) is 5.15. The van der Waals surface area contributed by atoms with Crippen LogP contribution < -0.4 is 11.1 Å². The largest absolute Gasteiger partial charge is 0.409 e. The maximum absolute atomic E-state index is 12.2. The van der Waals surface area contributed by atoms with Gasteiger partial charge in [-0.2, -0.15) is 0 Å². The van der Waals surface area contributed by atoms with Crippen molar-refractivity contribution in [3.05, 3.63) is 11.1 Å². The van der Waals surface area contributed by atoms with Crippen molar-refractivity contribution in [2.75, 3.05) is 0 Å². The van der Waals surface area contributed by atoms with Crippen molar-refractivity contribution in [2.24, 2.45) is 16.8 Å². The third kappa shape index (κ3) is 2.90. The molecule has 1 aliphatic rings. The first-order chi connectivity index (χ1) is 9.61. The van der Waals surface area contributed by atoms with Crippen molar-refractivity contribution in [3.8, 4) is 0 Å². The third-order valence-electron chi connectivity index (χ3n) is 4.07. The maximum Gasteiger partial charge on any atom is 0.265 e. The minimum Gasteiger partial charge on any atom is -0.409 e. The van der Waals surface area contributed by atoms with Gasteiger partial charge in [0.25, 0.3) is 5.91 Å². The Labute approximate surface area is 121 Å². The summed E-state index contributed by atoms with van der Waals surface area (Å²) in [6.45, 7) is 2.16. The van der Waals surface area contributed by atoms with E-state index in [0.717, 1.165) is 30.8 Å². The van der Waals surface area contributed by atoms with Gasteiger partial charge in [-0.3, -0.25) is 4.79 Å². The highest BCUT2D eigenvalue weighted by Crippen LogP contribution is 2.34. The van der Waals surface area contributed by atoms with Crippen LogP contribution in [0.5, 0.6) is 0 Å². The van der Waals surface area contributed by atoms with Crippen molar-refractivity contribution in [1.82, 2.24) is 14.9 Å². The van der Waals surface area contributed by atoms with E-state index in [1.54, 1.807) is 0 Å². The second-order valence-corrected chi connectivity index (χ2v) is 5.94. The molecule has 0 saturated heterocycles. The summed E-state index contributed by atoms with van der Waals surface area (Å²) in [5.41, 5.74) is 5.07. The first-order valence-electron chi connectivity index (χ1n) is 6.69. The maximum atomic E-state index is 12.2. The summed E-state index contributed by atoms with van der Waals surface area (Å²) >= 11 is 1.03. The number of hydrogen-bond acceptors (Lipinski definition) is 6. The summed E-state index contributed by atoms with van der Waals surface area (Å²) in [6, 6.07) is 0. The van der Waals surface area contributed by atoms with E-state index in [2.05, 4.69) is 27.0 Å². The number of carbonyl (C=O) groups excluding carboxylic acids is 1. The van der Waals surface area contributed by atoms with E-state index in [1.807, 2.05) is 0 Å². The molecular weight excluding hydrogens is 278 g/mol. The van der Waals surface area contributed by atoms with E-state index in [0.29, 0.717) is 23.6 Å². The van der Waals surface area contributed by atoms with Crippen LogP contribution >= 0.6 is 11.5 Å². The van der Waals surface area contributed by atoms with Crippen molar-refractivity contribution < 1.29 is 10.0 Å². The van der Waals surface area contributed by atoms with E-state index < -0.39 is 5.54 Å². The average Bonchev–Trinajstić information content (AvgIpc) is 3.01. The lowest BCUT2D eigenvalue weighted by atomic mass is 9.75. The van der Waals surface area contributed by atoms with Gasteiger partial charge in [0.05, 0.1) is 6.20 Å². The minimum absolute atomic E-state index is 0.0675. The molecule has 1 aromatic rings. The van der Waals surface area contributed by atoms with Crippen LogP contribution in [0, 0.1) is 5.92 Å². The van der Waals surface area contributed by atoms with E-state index in [1.165, 1.54) is 6.20 Å². The fourth-order valence-electron chi connectivity index (χ4n) is 2.67. The molecule has 0 spiro atoms. The Balaban J connectivity index is 2.15. The zero-order valence-electron chi connectivity index (χ0n) is 11.4. The summed E-state index contributed by atoms with van der Waals surface area (Å²) in [4.78, 5) is 12.6. The smallest absolute Gasteiger partial charge is 0.265 e. The normalized spacial score (nSPS) is 27.2. The van der Waals surface area contributed by atoms with Gasteiger partial charge in [-0.25, -0.2) is 0 Å². The monoisotopic (exact) mass is 297 g/mol. The molecule has 20 heavy (non-hydrogen) atoms. The number of oxime groups is 1. The van der Waals surface area contributed by atoms with Crippen LogP contribution in [0.3, 0.4) is 0 Å². The van der Waals surface area contributed by atoms with E-state index in [4.69, 9.17) is 10.9 Å². The Morgan fingerprint density at radius 1 is 1.65 bits per heavy atom. The van der Waals surface area contributed by atoms with Gasteiger partial charge >= 0.3 is 0 Å². The van der Waals surface area contributed by atoms with Gasteiger partial charge in [0, 0.05) is 0 Å². The molecular formula is C12H19N5O2S. The number of carbonyl (C=O) groups is 1. The summed E-state index contributed by atoms with van der Waals surface area (Å²) in [7, 11) is 0. The molecule has 1 aliphatic carbocycles. The summed E-state index contributed by atoms with van der Waals surface area (Å²) < 4.78 is 3.67. The van der Waals surface area contributed by atoms with Gasteiger partial charge in [0.2, 0.25) is 0 Å². The van der Waals surface area contributed by atoms with Crippen molar-refractivity contribution in [3.63, 3.8) is 0 Å². The molecule has 0 radical (unpaired) electrons. The molecule has 1 aromatic heterocycles. The van der Waals surface area contributed by atoms with Crippen LogP contribution in [-0.2, 0) is 0 Å². The van der Waals surface area contributed by atoms with Gasteiger partial charge in [-0.1, -0.05) is 23.0 Å². The highest BCUT2D eigenvalue weighted by Gasteiger charge is 2.40. The lowest BCUT2D eigenvalue weighted by molar-refractivity contribution is 0.0899. The third-order valence-corrected chi connectivity index (χ3v) is 4.74. The van der Waals surface area contributed by atoms with Crippen LogP contribution in [0.25, 0.3) is 0 Å². The highest BCUT2D eigenvalue weighted by molar-refractivity contribution is 7.07. The van der Waals surface area contributed by atoms with Gasteiger partial charge < -0.3 is 16.3 Å². The van der Waals surface area contributed by atoms with Crippen LogP contribution in [-0.4, -0.2) is 32.1 Å². The average molecular weight is 297 g/mol. The van der Waals surface area contributed by atoms with E-state index in [-0.39, 0.29) is 11.7 Å². The second kappa shape index (κ2) is 6.17. The van der Waals surface area contributed by atoms with Crippen LogP contribution in [0.4, 0.5) is 0 Å². The van der Waals surface area contributed by atoms with Crippen molar-refractivity contribution in [1.29, 1.82) is 0 Å². The number of aromatic nitrogens is 2. The Morgan fingerprint density at radius 3 is 2.85 bits per heavy atom. The first kappa shape index (κ1) is 14.7. The topological polar surface area (TPSA) is 113 Å². The number of nitrogens with two attached hydrogens (primary N) is 1. The van der Waals surface area contributed by atoms with E-state index >= 15 is 0 Å². The SMILES string of the molecule is CCC1CCC(NC(=O)c2cnns2)(C(N)=NO)CC1. The number of amides is 1. The van der Waals surface area contributed by atoms with Gasteiger partial charge in [0.15, 0.2) is 5.84 Å². The number of rotatable bonds is 4. The molecule has 1 amide bonds. The molecule has 0 atom stereocenters. The molecule has 1 heterocycles.